The van der Waals surface area contributed by atoms with Gasteiger partial charge in [-0.3, -0.25) is 9.59 Å². The van der Waals surface area contributed by atoms with Gasteiger partial charge < -0.3 is 10.6 Å². The lowest BCUT2D eigenvalue weighted by molar-refractivity contribution is -0.113. The van der Waals surface area contributed by atoms with Crippen molar-refractivity contribution in [3.8, 4) is 0 Å². The molecule has 2 N–H and O–H groups in total. The highest BCUT2D eigenvalue weighted by Gasteiger charge is 2.25. The van der Waals surface area contributed by atoms with Crippen molar-refractivity contribution in [1.29, 1.82) is 0 Å². The van der Waals surface area contributed by atoms with Crippen molar-refractivity contribution in [1.82, 2.24) is 15.3 Å². The van der Waals surface area contributed by atoms with E-state index in [2.05, 4.69) is 20.6 Å². The van der Waals surface area contributed by atoms with Gasteiger partial charge in [0.1, 0.15) is 16.2 Å². The highest BCUT2D eigenvalue weighted by atomic mass is 32.2. The Morgan fingerprint density at radius 1 is 1.13 bits per heavy atom. The van der Waals surface area contributed by atoms with E-state index in [0.29, 0.717) is 11.3 Å². The SMILES string of the molecule is O=C(CSc1ncnc2sc3c(c12)CCCC3)Nc1ccccc1C(=O)NC1CC1. The monoisotopic (exact) mass is 438 g/mol. The number of hydrogen-bond acceptors (Lipinski definition) is 6. The average Bonchev–Trinajstić information content (AvgIpc) is 3.49. The summed E-state index contributed by atoms with van der Waals surface area (Å²) in [5.74, 6) is -0.0547. The summed E-state index contributed by atoms with van der Waals surface area (Å²) in [6, 6.07) is 7.41. The molecule has 2 amide bonds. The number of para-hydroxylation sites is 1. The number of amides is 2. The van der Waals surface area contributed by atoms with Gasteiger partial charge in [0.25, 0.3) is 5.91 Å². The molecule has 0 bridgehead atoms. The minimum atomic E-state index is -0.150. The summed E-state index contributed by atoms with van der Waals surface area (Å²) in [6.07, 6.45) is 8.23. The lowest BCUT2D eigenvalue weighted by atomic mass is 9.97. The molecule has 30 heavy (non-hydrogen) atoms. The summed E-state index contributed by atoms with van der Waals surface area (Å²) in [7, 11) is 0. The molecule has 0 atom stereocenters. The fourth-order valence-electron chi connectivity index (χ4n) is 3.77. The minimum Gasteiger partial charge on any atom is -0.349 e. The van der Waals surface area contributed by atoms with Crippen LogP contribution in [0.15, 0.2) is 35.6 Å². The maximum atomic E-state index is 12.7. The number of thiophene rings is 1. The van der Waals surface area contributed by atoms with Crippen molar-refractivity contribution in [2.24, 2.45) is 0 Å². The Morgan fingerprint density at radius 3 is 2.83 bits per heavy atom. The maximum Gasteiger partial charge on any atom is 0.253 e. The summed E-state index contributed by atoms with van der Waals surface area (Å²) >= 11 is 3.19. The third kappa shape index (κ3) is 4.06. The molecule has 6 nitrogen and oxygen atoms in total. The summed E-state index contributed by atoms with van der Waals surface area (Å²) < 4.78 is 0. The number of hydrogen-bond donors (Lipinski definition) is 2. The number of aryl methyl sites for hydroxylation is 2. The predicted molar refractivity (Wildman–Crippen MR) is 120 cm³/mol. The van der Waals surface area contributed by atoms with Crippen LogP contribution >= 0.6 is 23.1 Å². The molecule has 3 aromatic rings. The Labute approximate surface area is 182 Å². The fourth-order valence-corrected chi connectivity index (χ4v) is 5.89. The molecule has 154 valence electrons. The van der Waals surface area contributed by atoms with Gasteiger partial charge in [0.15, 0.2) is 0 Å². The molecule has 0 unspecified atom stereocenters. The van der Waals surface area contributed by atoms with Crippen LogP contribution in [-0.2, 0) is 17.6 Å². The molecular formula is C22H22N4O2S2. The van der Waals surface area contributed by atoms with Crippen molar-refractivity contribution >= 4 is 50.8 Å². The number of benzene rings is 1. The number of fused-ring (bicyclic) bond motifs is 3. The Kier molecular flexibility index (Phi) is 5.43. The zero-order valence-corrected chi connectivity index (χ0v) is 18.1. The summed E-state index contributed by atoms with van der Waals surface area (Å²) in [4.78, 5) is 36.4. The lowest BCUT2D eigenvalue weighted by Crippen LogP contribution is -2.27. The molecule has 0 saturated heterocycles. The first-order valence-electron chi connectivity index (χ1n) is 10.3. The Morgan fingerprint density at radius 2 is 1.97 bits per heavy atom. The summed E-state index contributed by atoms with van der Waals surface area (Å²) in [5, 5.41) is 7.87. The van der Waals surface area contributed by atoms with Gasteiger partial charge in [-0.1, -0.05) is 23.9 Å². The normalized spacial score (nSPS) is 15.6. The van der Waals surface area contributed by atoms with Crippen LogP contribution in [0.2, 0.25) is 0 Å². The van der Waals surface area contributed by atoms with Crippen LogP contribution in [0.25, 0.3) is 10.2 Å². The molecule has 1 aromatic carbocycles. The van der Waals surface area contributed by atoms with E-state index >= 15 is 0 Å². The van der Waals surface area contributed by atoms with E-state index in [4.69, 9.17) is 0 Å². The number of rotatable bonds is 6. The maximum absolute atomic E-state index is 12.7. The largest absolute Gasteiger partial charge is 0.349 e. The van der Waals surface area contributed by atoms with Crippen LogP contribution in [0.1, 0.15) is 46.5 Å². The molecule has 5 rings (SSSR count). The first kappa shape index (κ1) is 19.5. The van der Waals surface area contributed by atoms with Crippen LogP contribution in [0, 0.1) is 0 Å². The van der Waals surface area contributed by atoms with Crippen molar-refractivity contribution in [2.45, 2.75) is 49.6 Å². The number of anilines is 1. The zero-order valence-electron chi connectivity index (χ0n) is 16.4. The average molecular weight is 439 g/mol. The topological polar surface area (TPSA) is 84.0 Å². The predicted octanol–water partition coefficient (Wildman–Crippen LogP) is 4.19. The summed E-state index contributed by atoms with van der Waals surface area (Å²) in [6.45, 7) is 0. The highest BCUT2D eigenvalue weighted by Crippen LogP contribution is 2.39. The third-order valence-electron chi connectivity index (χ3n) is 5.41. The second-order valence-electron chi connectivity index (χ2n) is 7.70. The number of aromatic nitrogens is 2. The van der Waals surface area contributed by atoms with Crippen LogP contribution in [0.4, 0.5) is 5.69 Å². The molecule has 2 aromatic heterocycles. The second-order valence-corrected chi connectivity index (χ2v) is 9.75. The Balaban J connectivity index is 1.29. The number of thioether (sulfide) groups is 1. The number of nitrogens with one attached hydrogen (secondary N) is 2. The van der Waals surface area contributed by atoms with Crippen LogP contribution < -0.4 is 10.6 Å². The molecule has 0 spiro atoms. The molecule has 2 heterocycles. The lowest BCUT2D eigenvalue weighted by Gasteiger charge is -2.12. The molecular weight excluding hydrogens is 416 g/mol. The molecule has 1 saturated carbocycles. The molecule has 2 aliphatic rings. The Hall–Kier alpha value is -2.45. The standard InChI is InChI=1S/C22H22N4O2S2/c27-18(26-16-7-3-1-5-14(16)20(28)25-13-9-10-13)11-29-21-19-15-6-2-4-8-17(15)30-22(19)24-12-23-21/h1,3,5,7,12-13H,2,4,6,8-11H2,(H,25,28)(H,26,27). The molecule has 0 aliphatic heterocycles. The van der Waals surface area contributed by atoms with Gasteiger partial charge in [-0.2, -0.15) is 0 Å². The van der Waals surface area contributed by atoms with Crippen molar-refractivity contribution in [3.63, 3.8) is 0 Å². The van der Waals surface area contributed by atoms with Crippen LogP contribution in [0.5, 0.6) is 0 Å². The first-order valence-corrected chi connectivity index (χ1v) is 12.1. The van der Waals surface area contributed by atoms with Gasteiger partial charge in [0.2, 0.25) is 5.91 Å². The van der Waals surface area contributed by atoms with Crippen LogP contribution in [-0.4, -0.2) is 33.6 Å². The van der Waals surface area contributed by atoms with Gasteiger partial charge in [0, 0.05) is 16.3 Å². The third-order valence-corrected chi connectivity index (χ3v) is 7.60. The number of carbonyl (C=O) groups excluding carboxylic acids is 2. The van der Waals surface area contributed by atoms with E-state index in [1.807, 2.05) is 12.1 Å². The van der Waals surface area contributed by atoms with Crippen LogP contribution in [0.3, 0.4) is 0 Å². The van der Waals surface area contributed by atoms with E-state index in [1.54, 1.807) is 29.8 Å². The highest BCUT2D eigenvalue weighted by molar-refractivity contribution is 8.00. The molecule has 0 radical (unpaired) electrons. The van der Waals surface area contributed by atoms with E-state index < -0.39 is 0 Å². The van der Waals surface area contributed by atoms with E-state index in [1.165, 1.54) is 35.0 Å². The van der Waals surface area contributed by atoms with Gasteiger partial charge >= 0.3 is 0 Å². The van der Waals surface area contributed by atoms with Gasteiger partial charge in [-0.05, 0) is 56.2 Å². The molecule has 8 heteroatoms. The van der Waals surface area contributed by atoms with Gasteiger partial charge in [-0.15, -0.1) is 11.3 Å². The summed E-state index contributed by atoms with van der Waals surface area (Å²) in [5.41, 5.74) is 2.41. The van der Waals surface area contributed by atoms with E-state index in [9.17, 15) is 9.59 Å². The minimum absolute atomic E-state index is 0.136. The van der Waals surface area contributed by atoms with E-state index in [-0.39, 0.29) is 23.6 Å². The second kappa shape index (κ2) is 8.35. The van der Waals surface area contributed by atoms with Crippen molar-refractivity contribution in [3.05, 3.63) is 46.6 Å². The first-order chi connectivity index (χ1) is 14.7. The number of nitrogens with zero attached hydrogens (tertiary/aromatic N) is 2. The molecule has 2 aliphatic carbocycles. The molecule has 1 fully saturated rings. The van der Waals surface area contributed by atoms with Gasteiger partial charge in [0.05, 0.1) is 17.0 Å². The smallest absolute Gasteiger partial charge is 0.253 e. The quantitative estimate of drug-likeness (QED) is 0.445. The number of carbonyl (C=O) groups is 2. The Bertz CT molecular complexity index is 1120. The van der Waals surface area contributed by atoms with Gasteiger partial charge in [-0.25, -0.2) is 9.97 Å². The van der Waals surface area contributed by atoms with E-state index in [0.717, 1.165) is 40.9 Å². The zero-order chi connectivity index (χ0) is 20.5. The van der Waals surface area contributed by atoms with Crippen molar-refractivity contribution < 1.29 is 9.59 Å². The van der Waals surface area contributed by atoms with Crippen molar-refractivity contribution in [2.75, 3.05) is 11.1 Å². The fraction of sp³-hybridized carbons (Fsp3) is 0.364.